The topological polar surface area (TPSA) is 41.6 Å². The molecule has 2 aromatic rings. The van der Waals surface area contributed by atoms with Gasteiger partial charge in [0.2, 0.25) is 0 Å². The van der Waals surface area contributed by atoms with Crippen molar-refractivity contribution in [2.24, 2.45) is 0 Å². The number of nitrogens with zero attached hydrogens (tertiary/aromatic N) is 1. The van der Waals surface area contributed by atoms with Crippen molar-refractivity contribution in [2.45, 2.75) is 20.0 Å². The highest BCUT2D eigenvalue weighted by Crippen LogP contribution is 2.18. The van der Waals surface area contributed by atoms with Crippen LogP contribution in [0, 0.1) is 5.82 Å². The van der Waals surface area contributed by atoms with Gasteiger partial charge in [-0.2, -0.15) is 0 Å². The molecule has 134 valence electrons. The predicted molar refractivity (Wildman–Crippen MR) is 103 cm³/mol. The molecule has 4 nitrogen and oxygen atoms in total. The molecule has 26 heavy (non-hydrogen) atoms. The molecule has 1 saturated heterocycles. The van der Waals surface area contributed by atoms with Crippen LogP contribution in [0.4, 0.5) is 4.39 Å². The summed E-state index contributed by atoms with van der Waals surface area (Å²) in [6.45, 7) is 2.90. The summed E-state index contributed by atoms with van der Waals surface area (Å²) in [5, 5.41) is 3.40. The molecular formula is C20H19FN2O2S. The van der Waals surface area contributed by atoms with Gasteiger partial charge in [-0.25, -0.2) is 4.39 Å². The van der Waals surface area contributed by atoms with E-state index in [1.165, 1.54) is 12.1 Å². The van der Waals surface area contributed by atoms with Crippen LogP contribution in [0.2, 0.25) is 0 Å². The van der Waals surface area contributed by atoms with Crippen LogP contribution in [0.15, 0.2) is 54.2 Å². The van der Waals surface area contributed by atoms with Crippen molar-refractivity contribution in [1.29, 1.82) is 0 Å². The Morgan fingerprint density at radius 2 is 2.00 bits per heavy atom. The summed E-state index contributed by atoms with van der Waals surface area (Å²) in [6, 6.07) is 13.6. The SMILES string of the molecule is CCCN1C(=O)/C(=C/c2ccc(OCc3cccc(F)c3)cc2)NC1=S. The Bertz CT molecular complexity index is 849. The number of halogens is 1. The molecule has 1 fully saturated rings. The first-order chi connectivity index (χ1) is 12.6. The zero-order chi connectivity index (χ0) is 18.5. The maximum atomic E-state index is 13.2. The number of thiocarbonyl (C=S) groups is 1. The maximum Gasteiger partial charge on any atom is 0.276 e. The van der Waals surface area contributed by atoms with Gasteiger partial charge < -0.3 is 10.1 Å². The van der Waals surface area contributed by atoms with E-state index < -0.39 is 0 Å². The molecular weight excluding hydrogens is 351 g/mol. The molecule has 0 aromatic heterocycles. The van der Waals surface area contributed by atoms with Gasteiger partial charge in [0, 0.05) is 6.54 Å². The second-order valence-corrected chi connectivity index (χ2v) is 6.32. The van der Waals surface area contributed by atoms with Crippen molar-refractivity contribution in [1.82, 2.24) is 10.2 Å². The molecule has 1 aliphatic heterocycles. The summed E-state index contributed by atoms with van der Waals surface area (Å²) in [6.07, 6.45) is 2.61. The van der Waals surface area contributed by atoms with Crippen molar-refractivity contribution in [3.8, 4) is 5.75 Å². The second kappa shape index (κ2) is 8.10. The van der Waals surface area contributed by atoms with E-state index in [-0.39, 0.29) is 11.7 Å². The number of amides is 1. The Hall–Kier alpha value is -2.73. The smallest absolute Gasteiger partial charge is 0.276 e. The number of hydrogen-bond donors (Lipinski definition) is 1. The Morgan fingerprint density at radius 3 is 2.69 bits per heavy atom. The van der Waals surface area contributed by atoms with Gasteiger partial charge in [-0.1, -0.05) is 31.2 Å². The van der Waals surface area contributed by atoms with E-state index in [1.807, 2.05) is 37.3 Å². The van der Waals surface area contributed by atoms with Crippen LogP contribution in [-0.4, -0.2) is 22.5 Å². The van der Waals surface area contributed by atoms with Crippen molar-refractivity contribution >= 4 is 29.3 Å². The molecule has 3 rings (SSSR count). The number of carbonyl (C=O) groups excluding carboxylic acids is 1. The molecule has 2 aromatic carbocycles. The summed E-state index contributed by atoms with van der Waals surface area (Å²) in [7, 11) is 0. The van der Waals surface area contributed by atoms with Crippen molar-refractivity contribution in [3.63, 3.8) is 0 Å². The van der Waals surface area contributed by atoms with Crippen molar-refractivity contribution < 1.29 is 13.9 Å². The van der Waals surface area contributed by atoms with Gasteiger partial charge in [-0.3, -0.25) is 9.69 Å². The fourth-order valence-electron chi connectivity index (χ4n) is 2.62. The van der Waals surface area contributed by atoms with Crippen molar-refractivity contribution in [3.05, 3.63) is 71.2 Å². The van der Waals surface area contributed by atoms with Gasteiger partial charge in [0.05, 0.1) is 0 Å². The molecule has 0 unspecified atom stereocenters. The molecule has 0 atom stereocenters. The summed E-state index contributed by atoms with van der Waals surface area (Å²) in [4.78, 5) is 13.9. The zero-order valence-corrected chi connectivity index (χ0v) is 15.2. The first-order valence-corrected chi connectivity index (χ1v) is 8.79. The molecule has 1 heterocycles. The molecule has 0 spiro atoms. The van der Waals surface area contributed by atoms with Crippen molar-refractivity contribution in [2.75, 3.05) is 6.54 Å². The summed E-state index contributed by atoms with van der Waals surface area (Å²) >= 11 is 5.19. The van der Waals surface area contributed by atoms with E-state index in [0.29, 0.717) is 29.7 Å². The average molecular weight is 370 g/mol. The Balaban J connectivity index is 1.64. The van der Waals surface area contributed by atoms with Gasteiger partial charge in [0.15, 0.2) is 5.11 Å². The number of nitrogens with one attached hydrogen (secondary N) is 1. The molecule has 6 heteroatoms. The number of hydrogen-bond acceptors (Lipinski definition) is 3. The van der Waals surface area contributed by atoms with E-state index in [9.17, 15) is 9.18 Å². The lowest BCUT2D eigenvalue weighted by atomic mass is 10.2. The average Bonchev–Trinajstić information content (AvgIpc) is 2.89. The first-order valence-electron chi connectivity index (χ1n) is 8.38. The van der Waals surface area contributed by atoms with Gasteiger partial charge in [-0.15, -0.1) is 0 Å². The van der Waals surface area contributed by atoms with E-state index in [1.54, 1.807) is 17.0 Å². The Kier molecular flexibility index (Phi) is 5.63. The molecule has 0 aliphatic carbocycles. The third-order valence-electron chi connectivity index (χ3n) is 3.90. The Labute approximate surface area is 157 Å². The molecule has 0 saturated carbocycles. The normalized spacial score (nSPS) is 15.5. The molecule has 1 aliphatic rings. The zero-order valence-electron chi connectivity index (χ0n) is 14.4. The number of carbonyl (C=O) groups is 1. The van der Waals surface area contributed by atoms with Gasteiger partial charge in [-0.05, 0) is 60.1 Å². The highest BCUT2D eigenvalue weighted by Gasteiger charge is 2.29. The van der Waals surface area contributed by atoms with Crippen LogP contribution in [0.1, 0.15) is 24.5 Å². The quantitative estimate of drug-likeness (QED) is 0.619. The number of rotatable bonds is 6. The lowest BCUT2D eigenvalue weighted by Crippen LogP contribution is -2.31. The standard InChI is InChI=1S/C20H19FN2O2S/c1-2-10-23-19(24)18(22-20(23)26)12-14-6-8-17(9-7-14)25-13-15-4-3-5-16(21)11-15/h3-9,11-12H,2,10,13H2,1H3,(H,22,26)/b18-12-. The predicted octanol–water partition coefficient (Wildman–Crippen LogP) is 3.87. The highest BCUT2D eigenvalue weighted by atomic mass is 32.1. The fraction of sp³-hybridized carbons (Fsp3) is 0.200. The van der Waals surface area contributed by atoms with E-state index >= 15 is 0 Å². The largest absolute Gasteiger partial charge is 0.489 e. The minimum atomic E-state index is -0.281. The Morgan fingerprint density at radius 1 is 1.23 bits per heavy atom. The van der Waals surface area contributed by atoms with E-state index in [0.717, 1.165) is 17.5 Å². The van der Waals surface area contributed by atoms with Gasteiger partial charge in [0.1, 0.15) is 23.9 Å². The lowest BCUT2D eigenvalue weighted by Gasteiger charge is -2.11. The summed E-state index contributed by atoms with van der Waals surface area (Å²) in [5.41, 5.74) is 2.10. The van der Waals surface area contributed by atoms with E-state index in [4.69, 9.17) is 17.0 Å². The maximum absolute atomic E-state index is 13.2. The fourth-order valence-corrected chi connectivity index (χ4v) is 2.90. The monoisotopic (exact) mass is 370 g/mol. The van der Waals surface area contributed by atoms with Gasteiger partial charge >= 0.3 is 0 Å². The van der Waals surface area contributed by atoms with Crippen LogP contribution in [-0.2, 0) is 11.4 Å². The van der Waals surface area contributed by atoms with Gasteiger partial charge in [0.25, 0.3) is 5.91 Å². The van der Waals surface area contributed by atoms with Crippen LogP contribution < -0.4 is 10.1 Å². The second-order valence-electron chi connectivity index (χ2n) is 5.93. The number of ether oxygens (including phenoxy) is 1. The molecule has 0 radical (unpaired) electrons. The third kappa shape index (κ3) is 4.26. The summed E-state index contributed by atoms with van der Waals surface area (Å²) < 4.78 is 18.8. The minimum Gasteiger partial charge on any atom is -0.489 e. The minimum absolute atomic E-state index is 0.108. The first kappa shape index (κ1) is 18.1. The summed E-state index contributed by atoms with van der Waals surface area (Å²) in [5.74, 6) is 0.283. The van der Waals surface area contributed by atoms with Crippen LogP contribution >= 0.6 is 12.2 Å². The van der Waals surface area contributed by atoms with Crippen LogP contribution in [0.5, 0.6) is 5.75 Å². The lowest BCUT2D eigenvalue weighted by molar-refractivity contribution is -0.122. The molecule has 1 amide bonds. The van der Waals surface area contributed by atoms with E-state index in [2.05, 4.69) is 5.32 Å². The van der Waals surface area contributed by atoms with Crippen LogP contribution in [0.25, 0.3) is 6.08 Å². The van der Waals surface area contributed by atoms with Crippen LogP contribution in [0.3, 0.4) is 0 Å². The highest BCUT2D eigenvalue weighted by molar-refractivity contribution is 7.80. The molecule has 1 N–H and O–H groups in total. The third-order valence-corrected chi connectivity index (χ3v) is 4.22. The number of benzene rings is 2. The molecule has 0 bridgehead atoms.